The van der Waals surface area contributed by atoms with E-state index in [9.17, 15) is 0 Å². The Balaban J connectivity index is 2.33. The Morgan fingerprint density at radius 3 is 2.47 bits per heavy atom. The highest BCUT2D eigenvalue weighted by atomic mass is 79.9. The van der Waals surface area contributed by atoms with E-state index in [0.717, 1.165) is 15.3 Å². The molecule has 0 saturated heterocycles. The van der Waals surface area contributed by atoms with Crippen LogP contribution in [-0.4, -0.2) is 14.8 Å². The molecule has 2 rings (SSSR count). The maximum Gasteiger partial charge on any atom is 0.168 e. The maximum atomic E-state index is 4.47. The second-order valence-corrected chi connectivity index (χ2v) is 6.62. The van der Waals surface area contributed by atoms with Gasteiger partial charge in [0.2, 0.25) is 0 Å². The van der Waals surface area contributed by atoms with Gasteiger partial charge in [0.15, 0.2) is 5.16 Å². The van der Waals surface area contributed by atoms with Gasteiger partial charge in [-0.2, -0.15) is 0 Å². The summed E-state index contributed by atoms with van der Waals surface area (Å²) in [7, 11) is 2.06. The monoisotopic (exact) mass is 310 g/mol. The van der Waals surface area contributed by atoms with Crippen LogP contribution in [0.2, 0.25) is 0 Å². The summed E-state index contributed by atoms with van der Waals surface area (Å²) in [6.45, 7) is 4.36. The topological polar surface area (TPSA) is 17.8 Å². The van der Waals surface area contributed by atoms with Crippen molar-refractivity contribution in [3.8, 4) is 11.3 Å². The average molecular weight is 311 g/mol. The molecule has 0 spiro atoms. The van der Waals surface area contributed by atoms with Crippen molar-refractivity contribution in [3.05, 3.63) is 34.9 Å². The first-order valence-electron chi connectivity index (χ1n) is 5.52. The fourth-order valence-corrected chi connectivity index (χ4v) is 2.66. The molecule has 0 atom stereocenters. The summed E-state index contributed by atoms with van der Waals surface area (Å²) in [6, 6.07) is 8.31. The largest absolute Gasteiger partial charge is 0.322 e. The number of imidazole rings is 1. The second-order valence-electron chi connectivity index (χ2n) is 4.16. The molecule has 0 N–H and O–H groups in total. The summed E-state index contributed by atoms with van der Waals surface area (Å²) in [5.74, 6) is 0. The van der Waals surface area contributed by atoms with Gasteiger partial charge in [0, 0.05) is 16.8 Å². The lowest BCUT2D eigenvalue weighted by Gasteiger charge is -2.07. The van der Waals surface area contributed by atoms with Gasteiger partial charge in [-0.25, -0.2) is 4.98 Å². The van der Waals surface area contributed by atoms with E-state index in [1.165, 1.54) is 5.56 Å². The third kappa shape index (κ3) is 2.93. The van der Waals surface area contributed by atoms with E-state index < -0.39 is 0 Å². The molecule has 4 heteroatoms. The molecule has 0 aliphatic heterocycles. The van der Waals surface area contributed by atoms with Gasteiger partial charge in [-0.1, -0.05) is 53.7 Å². The Bertz CT molecular complexity index is 503. The fourth-order valence-electron chi connectivity index (χ4n) is 1.60. The van der Waals surface area contributed by atoms with E-state index in [4.69, 9.17) is 0 Å². The number of halogens is 1. The third-order valence-electron chi connectivity index (χ3n) is 2.43. The van der Waals surface area contributed by atoms with Gasteiger partial charge < -0.3 is 4.57 Å². The van der Waals surface area contributed by atoms with E-state index >= 15 is 0 Å². The van der Waals surface area contributed by atoms with Crippen LogP contribution >= 0.6 is 27.7 Å². The summed E-state index contributed by atoms with van der Waals surface area (Å²) >= 11 is 5.23. The molecule has 0 radical (unpaired) electrons. The van der Waals surface area contributed by atoms with Crippen LogP contribution in [0.3, 0.4) is 0 Å². The standard InChI is InChI=1S/C13H15BrN2S/c1-9(2)17-13-15-8-12(16(13)3)10-4-6-11(14)7-5-10/h4-9H,1-3H3. The van der Waals surface area contributed by atoms with Crippen molar-refractivity contribution in [1.82, 2.24) is 9.55 Å². The Kier molecular flexibility index (Phi) is 3.94. The lowest BCUT2D eigenvalue weighted by atomic mass is 10.2. The van der Waals surface area contributed by atoms with Crippen molar-refractivity contribution in [2.45, 2.75) is 24.3 Å². The zero-order valence-corrected chi connectivity index (χ0v) is 12.5. The number of thioether (sulfide) groups is 1. The smallest absolute Gasteiger partial charge is 0.168 e. The molecule has 1 aromatic heterocycles. The molecule has 0 aliphatic carbocycles. The highest BCUT2D eigenvalue weighted by molar-refractivity contribution is 9.10. The van der Waals surface area contributed by atoms with Crippen molar-refractivity contribution in [3.63, 3.8) is 0 Å². The van der Waals surface area contributed by atoms with Crippen LogP contribution < -0.4 is 0 Å². The zero-order valence-electron chi connectivity index (χ0n) is 10.1. The average Bonchev–Trinajstić information content (AvgIpc) is 2.61. The minimum atomic E-state index is 0.550. The lowest BCUT2D eigenvalue weighted by molar-refractivity contribution is 0.793. The Morgan fingerprint density at radius 1 is 1.24 bits per heavy atom. The lowest BCUT2D eigenvalue weighted by Crippen LogP contribution is -1.97. The number of hydrogen-bond donors (Lipinski definition) is 0. The zero-order chi connectivity index (χ0) is 12.4. The number of benzene rings is 1. The van der Waals surface area contributed by atoms with Crippen LogP contribution in [0.4, 0.5) is 0 Å². The van der Waals surface area contributed by atoms with E-state index in [1.54, 1.807) is 11.8 Å². The van der Waals surface area contributed by atoms with Crippen LogP contribution in [0.5, 0.6) is 0 Å². The highest BCUT2D eigenvalue weighted by Crippen LogP contribution is 2.27. The number of nitrogens with zero attached hydrogens (tertiary/aromatic N) is 2. The summed E-state index contributed by atoms with van der Waals surface area (Å²) in [6.07, 6.45) is 1.94. The van der Waals surface area contributed by atoms with Gasteiger partial charge in [-0.05, 0) is 17.7 Å². The summed E-state index contributed by atoms with van der Waals surface area (Å²) in [4.78, 5) is 4.47. The molecule has 0 unspecified atom stereocenters. The maximum absolute atomic E-state index is 4.47. The van der Waals surface area contributed by atoms with Crippen molar-refractivity contribution in [2.24, 2.45) is 7.05 Å². The minimum Gasteiger partial charge on any atom is -0.322 e. The highest BCUT2D eigenvalue weighted by Gasteiger charge is 2.10. The first-order chi connectivity index (χ1) is 8.08. The Hall–Kier alpha value is -0.740. The molecule has 2 nitrogen and oxygen atoms in total. The third-order valence-corrected chi connectivity index (χ3v) is 4.02. The number of rotatable bonds is 3. The molecule has 0 saturated carbocycles. The molecule has 2 aromatic rings. The van der Waals surface area contributed by atoms with Gasteiger partial charge in [0.05, 0.1) is 11.9 Å². The molecule has 1 heterocycles. The number of aromatic nitrogens is 2. The van der Waals surface area contributed by atoms with Crippen molar-refractivity contribution >= 4 is 27.7 Å². The first kappa shape index (κ1) is 12.7. The van der Waals surface area contributed by atoms with Gasteiger partial charge in [0.1, 0.15) is 0 Å². The molecule has 90 valence electrons. The van der Waals surface area contributed by atoms with Crippen molar-refractivity contribution < 1.29 is 0 Å². The van der Waals surface area contributed by atoms with Crippen molar-refractivity contribution in [2.75, 3.05) is 0 Å². The molecule has 0 bridgehead atoms. The molecule has 0 amide bonds. The Labute approximate surface area is 115 Å². The molecule has 0 aliphatic rings. The molecule has 0 fully saturated rings. The first-order valence-corrected chi connectivity index (χ1v) is 7.19. The molecule has 1 aromatic carbocycles. The minimum absolute atomic E-state index is 0.550. The van der Waals surface area contributed by atoms with E-state index in [2.05, 4.69) is 70.6 Å². The number of hydrogen-bond acceptors (Lipinski definition) is 2. The van der Waals surface area contributed by atoms with Gasteiger partial charge in [0.25, 0.3) is 0 Å². The quantitative estimate of drug-likeness (QED) is 0.784. The Morgan fingerprint density at radius 2 is 1.88 bits per heavy atom. The van der Waals surface area contributed by atoms with Crippen LogP contribution in [-0.2, 0) is 7.05 Å². The fraction of sp³-hybridized carbons (Fsp3) is 0.308. The van der Waals surface area contributed by atoms with E-state index in [-0.39, 0.29) is 0 Å². The van der Waals surface area contributed by atoms with E-state index in [0.29, 0.717) is 5.25 Å². The van der Waals surface area contributed by atoms with Crippen LogP contribution in [0.1, 0.15) is 13.8 Å². The molecular weight excluding hydrogens is 296 g/mol. The summed E-state index contributed by atoms with van der Waals surface area (Å²) < 4.78 is 3.24. The predicted octanol–water partition coefficient (Wildman–Crippen LogP) is 4.35. The van der Waals surface area contributed by atoms with Crippen molar-refractivity contribution in [1.29, 1.82) is 0 Å². The van der Waals surface area contributed by atoms with Gasteiger partial charge in [-0.3, -0.25) is 0 Å². The predicted molar refractivity (Wildman–Crippen MR) is 77.3 cm³/mol. The van der Waals surface area contributed by atoms with Gasteiger partial charge >= 0.3 is 0 Å². The van der Waals surface area contributed by atoms with Gasteiger partial charge in [-0.15, -0.1) is 0 Å². The molecule has 17 heavy (non-hydrogen) atoms. The van der Waals surface area contributed by atoms with Crippen LogP contribution in [0.15, 0.2) is 40.1 Å². The summed E-state index contributed by atoms with van der Waals surface area (Å²) in [5.41, 5.74) is 2.35. The summed E-state index contributed by atoms with van der Waals surface area (Å²) in [5, 5.41) is 1.62. The second kappa shape index (κ2) is 5.27. The van der Waals surface area contributed by atoms with Crippen LogP contribution in [0, 0.1) is 0 Å². The SMILES string of the molecule is CC(C)Sc1ncc(-c2ccc(Br)cc2)n1C. The van der Waals surface area contributed by atoms with E-state index in [1.807, 2.05) is 6.20 Å². The molecular formula is C13H15BrN2S. The normalized spacial score (nSPS) is 11.1. The van der Waals surface area contributed by atoms with Crippen LogP contribution in [0.25, 0.3) is 11.3 Å².